The number of halogens is 4. The summed E-state index contributed by atoms with van der Waals surface area (Å²) in [6, 6.07) is 3.26. The minimum absolute atomic E-state index is 0.0725. The Bertz CT molecular complexity index is 453. The molecule has 0 unspecified atom stereocenters. The van der Waals surface area contributed by atoms with Crippen molar-refractivity contribution < 1.29 is 22.3 Å². The van der Waals surface area contributed by atoms with E-state index in [9.17, 15) is 17.6 Å². The van der Waals surface area contributed by atoms with Gasteiger partial charge in [-0.1, -0.05) is 13.8 Å². The van der Waals surface area contributed by atoms with Gasteiger partial charge in [-0.05, 0) is 31.0 Å². The maximum Gasteiger partial charge on any atom is 0.340 e. The zero-order chi connectivity index (χ0) is 16.0. The summed E-state index contributed by atoms with van der Waals surface area (Å²) in [4.78, 5) is 3.91. The number of hydrogen-bond acceptors (Lipinski definition) is 3. The average molecular weight is 308 g/mol. The number of ether oxygens (including phenoxy) is 1. The van der Waals surface area contributed by atoms with Gasteiger partial charge in [0, 0.05) is 18.3 Å². The summed E-state index contributed by atoms with van der Waals surface area (Å²) in [5, 5.41) is 3.19. The summed E-state index contributed by atoms with van der Waals surface area (Å²) in [6.07, 6.45) is -3.76. The van der Waals surface area contributed by atoms with Gasteiger partial charge in [0.15, 0.2) is 6.61 Å². The highest BCUT2D eigenvalue weighted by Gasteiger charge is 2.41. The molecule has 0 saturated carbocycles. The van der Waals surface area contributed by atoms with Gasteiger partial charge in [-0.25, -0.2) is 13.8 Å². The van der Waals surface area contributed by atoms with Crippen LogP contribution in [0.2, 0.25) is 0 Å². The van der Waals surface area contributed by atoms with E-state index in [2.05, 4.69) is 24.1 Å². The number of rotatable bonds is 8. The molecule has 1 aromatic rings. The number of nitrogens with zero attached hydrogens (tertiary/aromatic N) is 1. The van der Waals surface area contributed by atoms with Crippen molar-refractivity contribution in [2.24, 2.45) is 5.92 Å². The smallest absolute Gasteiger partial charge is 0.340 e. The van der Waals surface area contributed by atoms with Gasteiger partial charge in [-0.15, -0.1) is 0 Å². The number of pyridine rings is 1. The van der Waals surface area contributed by atoms with E-state index in [0.29, 0.717) is 18.2 Å². The summed E-state index contributed by atoms with van der Waals surface area (Å²) < 4.78 is 54.4. The molecule has 0 bridgehead atoms. The Balaban J connectivity index is 2.65. The molecular formula is C14H20F4N2O. The van der Waals surface area contributed by atoms with Crippen LogP contribution in [0.3, 0.4) is 0 Å². The van der Waals surface area contributed by atoms with Gasteiger partial charge in [-0.2, -0.15) is 8.78 Å². The van der Waals surface area contributed by atoms with E-state index in [1.54, 1.807) is 13.0 Å². The van der Waals surface area contributed by atoms with Crippen LogP contribution in [0.4, 0.5) is 17.6 Å². The van der Waals surface area contributed by atoms with Crippen LogP contribution in [-0.4, -0.2) is 30.5 Å². The molecule has 0 saturated heterocycles. The summed E-state index contributed by atoms with van der Waals surface area (Å²) in [5.41, 5.74) is 1.38. The molecule has 1 heterocycles. The molecule has 1 aromatic heterocycles. The SMILES string of the molecule is Cc1cc(CNCC(C)C)cc(OCC(F)(F)C(F)F)n1. The van der Waals surface area contributed by atoms with Gasteiger partial charge < -0.3 is 10.1 Å². The summed E-state index contributed by atoms with van der Waals surface area (Å²) in [6.45, 7) is 5.76. The fourth-order valence-electron chi connectivity index (χ4n) is 1.62. The van der Waals surface area contributed by atoms with Crippen LogP contribution in [-0.2, 0) is 6.54 Å². The van der Waals surface area contributed by atoms with Crippen molar-refractivity contribution in [3.8, 4) is 5.88 Å². The molecule has 120 valence electrons. The molecule has 0 aliphatic heterocycles. The largest absolute Gasteiger partial charge is 0.471 e. The minimum Gasteiger partial charge on any atom is -0.471 e. The quantitative estimate of drug-likeness (QED) is 0.747. The Hall–Kier alpha value is -1.37. The number of aromatic nitrogens is 1. The number of hydrogen-bond donors (Lipinski definition) is 1. The van der Waals surface area contributed by atoms with Crippen LogP contribution in [0, 0.1) is 12.8 Å². The van der Waals surface area contributed by atoms with Crippen molar-refractivity contribution in [2.45, 2.75) is 39.7 Å². The van der Waals surface area contributed by atoms with Crippen LogP contribution in [0.5, 0.6) is 5.88 Å². The Morgan fingerprint density at radius 3 is 2.52 bits per heavy atom. The summed E-state index contributed by atoms with van der Waals surface area (Å²) in [5.74, 6) is -3.77. The normalized spacial score (nSPS) is 12.2. The van der Waals surface area contributed by atoms with E-state index < -0.39 is 19.0 Å². The average Bonchev–Trinajstić information content (AvgIpc) is 2.35. The van der Waals surface area contributed by atoms with Gasteiger partial charge in [0.05, 0.1) is 0 Å². The standard InChI is InChI=1S/C14H20F4N2O/c1-9(2)6-19-7-11-4-10(3)20-12(5-11)21-8-14(17,18)13(15)16/h4-5,9,13,19H,6-8H2,1-3H3. The second-order valence-electron chi connectivity index (χ2n) is 5.33. The third-order valence-electron chi connectivity index (χ3n) is 2.60. The van der Waals surface area contributed by atoms with Crippen LogP contribution >= 0.6 is 0 Å². The maximum atomic E-state index is 12.8. The molecule has 1 rings (SSSR count). The highest BCUT2D eigenvalue weighted by atomic mass is 19.3. The Labute approximate surface area is 121 Å². The first-order valence-electron chi connectivity index (χ1n) is 6.67. The topological polar surface area (TPSA) is 34.1 Å². The fourth-order valence-corrected chi connectivity index (χ4v) is 1.62. The molecule has 0 aromatic carbocycles. The predicted molar refractivity (Wildman–Crippen MR) is 72.0 cm³/mol. The summed E-state index contributed by atoms with van der Waals surface area (Å²) in [7, 11) is 0. The predicted octanol–water partition coefficient (Wildman–Crippen LogP) is 3.41. The van der Waals surface area contributed by atoms with E-state index in [4.69, 9.17) is 4.74 Å². The van der Waals surface area contributed by atoms with Crippen molar-refractivity contribution in [1.82, 2.24) is 10.3 Å². The maximum absolute atomic E-state index is 12.8. The Morgan fingerprint density at radius 1 is 1.29 bits per heavy atom. The molecule has 7 heteroatoms. The van der Waals surface area contributed by atoms with E-state index in [0.717, 1.165) is 12.1 Å². The Morgan fingerprint density at radius 2 is 1.95 bits per heavy atom. The molecule has 0 aliphatic rings. The molecule has 3 nitrogen and oxygen atoms in total. The number of nitrogens with one attached hydrogen (secondary N) is 1. The van der Waals surface area contributed by atoms with Crippen molar-refractivity contribution in [1.29, 1.82) is 0 Å². The van der Waals surface area contributed by atoms with Gasteiger partial charge >= 0.3 is 12.3 Å². The van der Waals surface area contributed by atoms with Gasteiger partial charge in [0.1, 0.15) is 0 Å². The van der Waals surface area contributed by atoms with Crippen molar-refractivity contribution in [2.75, 3.05) is 13.2 Å². The zero-order valence-electron chi connectivity index (χ0n) is 12.3. The highest BCUT2D eigenvalue weighted by Crippen LogP contribution is 2.24. The monoisotopic (exact) mass is 308 g/mol. The summed E-state index contributed by atoms with van der Waals surface area (Å²) >= 11 is 0. The lowest BCUT2D eigenvalue weighted by atomic mass is 10.2. The lowest BCUT2D eigenvalue weighted by Crippen LogP contribution is -2.34. The van der Waals surface area contributed by atoms with Gasteiger partial charge in [0.25, 0.3) is 0 Å². The second-order valence-corrected chi connectivity index (χ2v) is 5.33. The third-order valence-corrected chi connectivity index (χ3v) is 2.60. The molecule has 0 atom stereocenters. The molecule has 1 N–H and O–H groups in total. The van der Waals surface area contributed by atoms with E-state index >= 15 is 0 Å². The number of aryl methyl sites for hydroxylation is 1. The van der Waals surface area contributed by atoms with Crippen LogP contribution in [0.25, 0.3) is 0 Å². The second kappa shape index (κ2) is 7.59. The van der Waals surface area contributed by atoms with Crippen molar-refractivity contribution in [3.05, 3.63) is 23.4 Å². The molecule has 0 aliphatic carbocycles. The lowest BCUT2D eigenvalue weighted by molar-refractivity contribution is -0.148. The van der Waals surface area contributed by atoms with Crippen LogP contribution < -0.4 is 10.1 Å². The first kappa shape index (κ1) is 17.7. The molecule has 0 amide bonds. The fraction of sp³-hybridized carbons (Fsp3) is 0.643. The minimum atomic E-state index is -4.18. The molecule has 0 spiro atoms. The Kier molecular flexibility index (Phi) is 6.39. The van der Waals surface area contributed by atoms with Crippen molar-refractivity contribution in [3.63, 3.8) is 0 Å². The molecular weight excluding hydrogens is 288 g/mol. The van der Waals surface area contributed by atoms with E-state index in [1.165, 1.54) is 6.07 Å². The zero-order valence-corrected chi connectivity index (χ0v) is 12.3. The third kappa shape index (κ3) is 6.29. The van der Waals surface area contributed by atoms with E-state index in [-0.39, 0.29) is 5.88 Å². The molecule has 0 fully saturated rings. The van der Waals surface area contributed by atoms with Crippen molar-refractivity contribution >= 4 is 0 Å². The van der Waals surface area contributed by atoms with Gasteiger partial charge in [-0.3, -0.25) is 0 Å². The van der Waals surface area contributed by atoms with Crippen LogP contribution in [0.15, 0.2) is 12.1 Å². The van der Waals surface area contributed by atoms with Crippen LogP contribution in [0.1, 0.15) is 25.1 Å². The molecule has 21 heavy (non-hydrogen) atoms. The highest BCUT2D eigenvalue weighted by molar-refractivity contribution is 5.24. The van der Waals surface area contributed by atoms with E-state index in [1.807, 2.05) is 0 Å². The first-order valence-corrected chi connectivity index (χ1v) is 6.67. The first-order chi connectivity index (χ1) is 9.70. The number of alkyl halides is 4. The molecule has 0 radical (unpaired) electrons. The van der Waals surface area contributed by atoms with Gasteiger partial charge in [0.2, 0.25) is 5.88 Å². The lowest BCUT2D eigenvalue weighted by Gasteiger charge is -2.16.